The highest BCUT2D eigenvalue weighted by molar-refractivity contribution is 8.00. The maximum Gasteiger partial charge on any atom is 0.0754 e. The molecule has 3 N–H and O–H groups in total. The molecule has 0 saturated carbocycles. The van der Waals surface area contributed by atoms with Crippen molar-refractivity contribution in [1.29, 1.82) is 0 Å². The standard InChI is InChI=1S/C14H18N4S/c1-2-18-11(7-8-16-18)14(17-15)13-9-10-5-3-4-6-12(10)19-13/h3-8,13-14,17H,2,9,15H2,1H3. The quantitative estimate of drug-likeness (QED) is 0.662. The maximum absolute atomic E-state index is 5.80. The summed E-state index contributed by atoms with van der Waals surface area (Å²) in [5, 5.41) is 4.76. The normalized spacial score (nSPS) is 19.4. The van der Waals surface area contributed by atoms with Crippen LogP contribution >= 0.6 is 11.8 Å². The maximum atomic E-state index is 5.80. The first-order valence-electron chi connectivity index (χ1n) is 6.56. The molecule has 2 unspecified atom stereocenters. The zero-order chi connectivity index (χ0) is 13.2. The molecule has 1 aromatic heterocycles. The molecule has 5 heteroatoms. The van der Waals surface area contributed by atoms with E-state index in [9.17, 15) is 0 Å². The Balaban J connectivity index is 1.86. The van der Waals surface area contributed by atoms with Crippen LogP contribution in [0.1, 0.15) is 24.2 Å². The average Bonchev–Trinajstić information content (AvgIpc) is 3.05. The van der Waals surface area contributed by atoms with Crippen molar-refractivity contribution in [3.8, 4) is 0 Å². The summed E-state index contributed by atoms with van der Waals surface area (Å²) in [6.07, 6.45) is 2.89. The molecule has 0 radical (unpaired) electrons. The van der Waals surface area contributed by atoms with Gasteiger partial charge in [0.2, 0.25) is 0 Å². The van der Waals surface area contributed by atoms with Crippen LogP contribution in [0.3, 0.4) is 0 Å². The predicted molar refractivity (Wildman–Crippen MR) is 77.8 cm³/mol. The fourth-order valence-electron chi connectivity index (χ4n) is 2.65. The molecule has 4 nitrogen and oxygen atoms in total. The van der Waals surface area contributed by atoms with Crippen molar-refractivity contribution < 1.29 is 0 Å². The molecule has 1 aliphatic rings. The topological polar surface area (TPSA) is 55.9 Å². The van der Waals surface area contributed by atoms with Crippen LogP contribution in [0, 0.1) is 0 Å². The zero-order valence-corrected chi connectivity index (χ0v) is 11.7. The summed E-state index contributed by atoms with van der Waals surface area (Å²) in [4.78, 5) is 1.37. The molecule has 2 aromatic rings. The van der Waals surface area contributed by atoms with Gasteiger partial charge < -0.3 is 0 Å². The predicted octanol–water partition coefficient (Wildman–Crippen LogP) is 2.12. The molecular formula is C14H18N4S. The van der Waals surface area contributed by atoms with Gasteiger partial charge in [0, 0.05) is 22.9 Å². The fraction of sp³-hybridized carbons (Fsp3) is 0.357. The number of benzene rings is 1. The second kappa shape index (κ2) is 5.36. The van der Waals surface area contributed by atoms with Gasteiger partial charge >= 0.3 is 0 Å². The molecule has 2 heterocycles. The molecule has 0 aliphatic carbocycles. The van der Waals surface area contributed by atoms with Crippen molar-refractivity contribution in [1.82, 2.24) is 15.2 Å². The van der Waals surface area contributed by atoms with Gasteiger partial charge in [-0.05, 0) is 31.0 Å². The summed E-state index contributed by atoms with van der Waals surface area (Å²) in [6.45, 7) is 2.96. The minimum Gasteiger partial charge on any atom is -0.271 e. The summed E-state index contributed by atoms with van der Waals surface area (Å²) in [6, 6.07) is 10.8. The number of hydrogen-bond donors (Lipinski definition) is 2. The molecule has 1 aromatic carbocycles. The lowest BCUT2D eigenvalue weighted by molar-refractivity contribution is 0.479. The zero-order valence-electron chi connectivity index (χ0n) is 10.9. The third kappa shape index (κ3) is 2.29. The van der Waals surface area contributed by atoms with Crippen LogP contribution in [0.25, 0.3) is 0 Å². The second-order valence-electron chi connectivity index (χ2n) is 4.68. The SMILES string of the molecule is CCn1nccc1C(NN)C1Cc2ccccc2S1. The van der Waals surface area contributed by atoms with E-state index in [1.165, 1.54) is 10.5 Å². The van der Waals surface area contributed by atoms with Gasteiger partial charge in [-0.1, -0.05) is 18.2 Å². The largest absolute Gasteiger partial charge is 0.271 e. The molecule has 0 bridgehead atoms. The molecule has 19 heavy (non-hydrogen) atoms. The minimum atomic E-state index is 0.125. The highest BCUT2D eigenvalue weighted by Gasteiger charge is 2.31. The minimum absolute atomic E-state index is 0.125. The van der Waals surface area contributed by atoms with Gasteiger partial charge in [0.15, 0.2) is 0 Å². The monoisotopic (exact) mass is 274 g/mol. The van der Waals surface area contributed by atoms with Crippen molar-refractivity contribution in [3.63, 3.8) is 0 Å². The lowest BCUT2D eigenvalue weighted by atomic mass is 10.0. The van der Waals surface area contributed by atoms with E-state index in [0.29, 0.717) is 5.25 Å². The van der Waals surface area contributed by atoms with E-state index in [1.807, 2.05) is 22.6 Å². The molecule has 100 valence electrons. The van der Waals surface area contributed by atoms with Crippen LogP contribution < -0.4 is 11.3 Å². The summed E-state index contributed by atoms with van der Waals surface area (Å²) in [5.74, 6) is 5.80. The van der Waals surface area contributed by atoms with E-state index in [-0.39, 0.29) is 6.04 Å². The molecule has 0 amide bonds. The smallest absolute Gasteiger partial charge is 0.0754 e. The van der Waals surface area contributed by atoms with Gasteiger partial charge in [-0.25, -0.2) is 0 Å². The van der Waals surface area contributed by atoms with E-state index >= 15 is 0 Å². The lowest BCUT2D eigenvalue weighted by Gasteiger charge is -2.22. The summed E-state index contributed by atoms with van der Waals surface area (Å²) < 4.78 is 2.01. The Labute approximate surface area is 117 Å². The van der Waals surface area contributed by atoms with Gasteiger partial charge in [-0.15, -0.1) is 11.8 Å². The fourth-order valence-corrected chi connectivity index (χ4v) is 4.05. The molecule has 3 rings (SSSR count). The van der Waals surface area contributed by atoms with Crippen LogP contribution in [0.5, 0.6) is 0 Å². The van der Waals surface area contributed by atoms with Gasteiger partial charge in [-0.3, -0.25) is 16.0 Å². The summed E-state index contributed by atoms with van der Waals surface area (Å²) in [5.41, 5.74) is 5.55. The number of aromatic nitrogens is 2. The van der Waals surface area contributed by atoms with Gasteiger partial charge in [-0.2, -0.15) is 5.10 Å². The number of rotatable bonds is 4. The summed E-state index contributed by atoms with van der Waals surface area (Å²) >= 11 is 1.90. The Morgan fingerprint density at radius 2 is 2.32 bits per heavy atom. The highest BCUT2D eigenvalue weighted by Crippen LogP contribution is 2.42. The van der Waals surface area contributed by atoms with Gasteiger partial charge in [0.25, 0.3) is 0 Å². The van der Waals surface area contributed by atoms with Crippen LogP contribution in [0.2, 0.25) is 0 Å². The molecule has 0 fully saturated rings. The van der Waals surface area contributed by atoms with E-state index in [1.54, 1.807) is 0 Å². The van der Waals surface area contributed by atoms with Crippen LogP contribution in [-0.4, -0.2) is 15.0 Å². The first-order valence-corrected chi connectivity index (χ1v) is 7.44. The Hall–Kier alpha value is -1.30. The van der Waals surface area contributed by atoms with Gasteiger partial charge in [0.05, 0.1) is 11.7 Å². The van der Waals surface area contributed by atoms with E-state index in [0.717, 1.165) is 18.7 Å². The number of nitrogens with two attached hydrogens (primary N) is 1. The molecule has 1 aliphatic heterocycles. The van der Waals surface area contributed by atoms with Crippen LogP contribution in [0.15, 0.2) is 41.4 Å². The Kier molecular flexibility index (Phi) is 3.59. The average molecular weight is 274 g/mol. The molecule has 2 atom stereocenters. The van der Waals surface area contributed by atoms with Crippen LogP contribution in [-0.2, 0) is 13.0 Å². The second-order valence-corrected chi connectivity index (χ2v) is 5.97. The van der Waals surface area contributed by atoms with Crippen molar-refractivity contribution in [2.75, 3.05) is 0 Å². The number of hydrazine groups is 1. The number of thioether (sulfide) groups is 1. The van der Waals surface area contributed by atoms with E-state index < -0.39 is 0 Å². The number of aryl methyl sites for hydroxylation is 1. The Morgan fingerprint density at radius 1 is 1.47 bits per heavy atom. The highest BCUT2D eigenvalue weighted by atomic mass is 32.2. The first-order chi connectivity index (χ1) is 9.33. The van der Waals surface area contributed by atoms with Crippen LogP contribution in [0.4, 0.5) is 0 Å². The van der Waals surface area contributed by atoms with Crippen molar-refractivity contribution in [2.45, 2.75) is 36.1 Å². The van der Waals surface area contributed by atoms with Crippen molar-refractivity contribution in [3.05, 3.63) is 47.8 Å². The Morgan fingerprint density at radius 3 is 3.05 bits per heavy atom. The first kappa shape index (κ1) is 12.7. The van der Waals surface area contributed by atoms with Crippen molar-refractivity contribution in [2.24, 2.45) is 5.84 Å². The number of nitrogens with one attached hydrogen (secondary N) is 1. The van der Waals surface area contributed by atoms with Crippen molar-refractivity contribution >= 4 is 11.8 Å². The number of nitrogens with zero attached hydrogens (tertiary/aromatic N) is 2. The molecular weight excluding hydrogens is 256 g/mol. The molecule has 0 spiro atoms. The lowest BCUT2D eigenvalue weighted by Crippen LogP contribution is -2.36. The number of fused-ring (bicyclic) bond motifs is 1. The van der Waals surface area contributed by atoms with E-state index in [4.69, 9.17) is 5.84 Å². The number of hydrogen-bond acceptors (Lipinski definition) is 4. The summed E-state index contributed by atoms with van der Waals surface area (Å²) in [7, 11) is 0. The third-order valence-corrected chi connectivity index (χ3v) is 4.98. The van der Waals surface area contributed by atoms with E-state index in [2.05, 4.69) is 47.8 Å². The third-order valence-electron chi connectivity index (χ3n) is 3.59. The molecule has 0 saturated heterocycles. The Bertz CT molecular complexity index is 541. The van der Waals surface area contributed by atoms with Gasteiger partial charge in [0.1, 0.15) is 0 Å².